The summed E-state index contributed by atoms with van der Waals surface area (Å²) in [6, 6.07) is -1.75. The van der Waals surface area contributed by atoms with E-state index in [1.807, 2.05) is 0 Å². The van der Waals surface area contributed by atoms with Gasteiger partial charge in [-0.25, -0.2) is 4.79 Å². The van der Waals surface area contributed by atoms with Crippen molar-refractivity contribution in [2.75, 3.05) is 0 Å². The fourth-order valence-corrected chi connectivity index (χ4v) is 1.70. The van der Waals surface area contributed by atoms with Crippen molar-refractivity contribution in [2.24, 2.45) is 0 Å². The van der Waals surface area contributed by atoms with Gasteiger partial charge in [0.25, 0.3) is 5.91 Å². The number of hydrogen-bond donors (Lipinski definition) is 3. The van der Waals surface area contributed by atoms with Crippen molar-refractivity contribution in [3.8, 4) is 0 Å². The minimum atomic E-state index is -5.15. The second kappa shape index (κ2) is 6.67. The summed E-state index contributed by atoms with van der Waals surface area (Å²) in [6.45, 7) is 0.979. The van der Waals surface area contributed by atoms with Gasteiger partial charge in [-0.2, -0.15) is 26.3 Å². The van der Waals surface area contributed by atoms with Gasteiger partial charge >= 0.3 is 18.3 Å². The summed E-state index contributed by atoms with van der Waals surface area (Å²) >= 11 is 0. The fourth-order valence-electron chi connectivity index (χ4n) is 1.70. The summed E-state index contributed by atoms with van der Waals surface area (Å²) in [4.78, 5) is 22.6. The lowest BCUT2D eigenvalue weighted by Gasteiger charge is -2.18. The highest BCUT2D eigenvalue weighted by molar-refractivity contribution is 5.97. The Kier molecular flexibility index (Phi) is 5.49. The molecule has 0 aliphatic rings. The Morgan fingerprint density at radius 3 is 1.71 bits per heavy atom. The third kappa shape index (κ3) is 4.85. The molecule has 2 atom stereocenters. The minimum absolute atomic E-state index is 0.158. The number of halogens is 6. The highest BCUT2D eigenvalue weighted by atomic mass is 19.4. The normalized spacial score (nSPS) is 14.8. The Morgan fingerprint density at radius 2 is 1.42 bits per heavy atom. The van der Waals surface area contributed by atoms with Crippen LogP contribution in [0, 0.1) is 0 Å². The molecule has 0 saturated carbocycles. The molecule has 0 spiro atoms. The van der Waals surface area contributed by atoms with Gasteiger partial charge in [0.05, 0.1) is 17.2 Å². The molecule has 0 radical (unpaired) electrons. The van der Waals surface area contributed by atoms with Crippen LogP contribution in [0.25, 0.3) is 0 Å². The zero-order valence-corrected chi connectivity index (χ0v) is 11.9. The predicted molar refractivity (Wildman–Crippen MR) is 67.0 cm³/mol. The lowest BCUT2D eigenvalue weighted by Crippen LogP contribution is -2.47. The molecule has 0 heterocycles. The average Bonchev–Trinajstić information content (AvgIpc) is 2.41. The number of alkyl halides is 6. The number of hydrogen-bond acceptors (Lipinski definition) is 3. The fraction of sp³-hybridized carbons (Fsp3) is 0.385. The third-order valence-corrected chi connectivity index (χ3v) is 2.88. The van der Waals surface area contributed by atoms with Gasteiger partial charge in [-0.05, 0) is 25.1 Å². The molecule has 0 saturated heterocycles. The van der Waals surface area contributed by atoms with Gasteiger partial charge in [0, 0.05) is 5.56 Å². The Bertz CT molecular complexity index is 606. The number of carboxylic acids is 1. The standard InChI is InChI=1S/C13H11F6NO4/c1-5(21)9(11(23)24)20-10(22)6-2-7(12(14,15)16)4-8(3-6)13(17,18)19/h2-5,9,21H,1H3,(H,20,22)(H,23,24). The van der Waals surface area contributed by atoms with Gasteiger partial charge < -0.3 is 15.5 Å². The quantitative estimate of drug-likeness (QED) is 0.720. The number of aliphatic carboxylic acids is 1. The molecule has 5 nitrogen and oxygen atoms in total. The maximum Gasteiger partial charge on any atom is 0.416 e. The smallest absolute Gasteiger partial charge is 0.416 e. The molecule has 24 heavy (non-hydrogen) atoms. The number of amides is 1. The summed E-state index contributed by atoms with van der Waals surface area (Å²) in [5.74, 6) is -3.21. The summed E-state index contributed by atoms with van der Waals surface area (Å²) in [6.07, 6.45) is -11.9. The first-order valence-electron chi connectivity index (χ1n) is 6.24. The molecule has 3 N–H and O–H groups in total. The van der Waals surface area contributed by atoms with Crippen LogP contribution in [0.1, 0.15) is 28.4 Å². The molecule has 1 aromatic carbocycles. The van der Waals surface area contributed by atoms with E-state index < -0.39 is 53.1 Å². The number of nitrogens with one attached hydrogen (secondary N) is 1. The summed E-state index contributed by atoms with van der Waals surface area (Å²) < 4.78 is 76.1. The average molecular weight is 359 g/mol. The molecule has 0 aliphatic carbocycles. The van der Waals surface area contributed by atoms with Crippen molar-refractivity contribution >= 4 is 11.9 Å². The molecule has 0 bridgehead atoms. The first kappa shape index (κ1) is 19.7. The molecule has 0 aliphatic heterocycles. The highest BCUT2D eigenvalue weighted by Crippen LogP contribution is 2.36. The van der Waals surface area contributed by atoms with Gasteiger partial charge in [0.1, 0.15) is 0 Å². The van der Waals surface area contributed by atoms with Crippen LogP contribution in [0.4, 0.5) is 26.3 Å². The third-order valence-electron chi connectivity index (χ3n) is 2.88. The van der Waals surface area contributed by atoms with Crippen LogP contribution in [-0.2, 0) is 17.1 Å². The van der Waals surface area contributed by atoms with E-state index in [0.29, 0.717) is 0 Å². The van der Waals surface area contributed by atoms with Crippen molar-refractivity contribution in [3.05, 3.63) is 34.9 Å². The maximum absolute atomic E-state index is 12.7. The number of carboxylic acid groups (broad SMARTS) is 1. The SMILES string of the molecule is CC(O)C(NC(=O)c1cc(C(F)(F)F)cc(C(F)(F)F)c1)C(=O)O. The Morgan fingerprint density at radius 1 is 1.00 bits per heavy atom. The van der Waals surface area contributed by atoms with Crippen molar-refractivity contribution in [2.45, 2.75) is 31.4 Å². The van der Waals surface area contributed by atoms with E-state index in [9.17, 15) is 41.0 Å². The number of carbonyl (C=O) groups excluding carboxylic acids is 1. The molecular formula is C13H11F6NO4. The van der Waals surface area contributed by atoms with Crippen molar-refractivity contribution < 1.29 is 46.1 Å². The Hall–Kier alpha value is -2.30. The lowest BCUT2D eigenvalue weighted by molar-refractivity contribution is -0.144. The van der Waals surface area contributed by atoms with Gasteiger partial charge in [0.15, 0.2) is 6.04 Å². The van der Waals surface area contributed by atoms with E-state index in [1.165, 1.54) is 0 Å². The number of aliphatic hydroxyl groups is 1. The molecule has 2 unspecified atom stereocenters. The molecule has 1 rings (SSSR count). The Labute approximate surface area is 130 Å². The number of rotatable bonds is 4. The zero-order chi connectivity index (χ0) is 18.9. The molecule has 11 heteroatoms. The summed E-state index contributed by atoms with van der Waals surface area (Å²) in [5.41, 5.74) is -4.47. The lowest BCUT2D eigenvalue weighted by atomic mass is 10.0. The van der Waals surface area contributed by atoms with E-state index in [-0.39, 0.29) is 18.2 Å². The topological polar surface area (TPSA) is 86.6 Å². The predicted octanol–water partition coefficient (Wildman–Crippen LogP) is 2.29. The van der Waals surface area contributed by atoms with Crippen LogP contribution < -0.4 is 5.32 Å². The van der Waals surface area contributed by atoms with Gasteiger partial charge in [0.2, 0.25) is 0 Å². The van der Waals surface area contributed by atoms with Crippen LogP contribution in [0.15, 0.2) is 18.2 Å². The maximum atomic E-state index is 12.7. The van der Waals surface area contributed by atoms with Crippen LogP contribution in [-0.4, -0.2) is 34.2 Å². The van der Waals surface area contributed by atoms with Crippen LogP contribution in [0.2, 0.25) is 0 Å². The first-order chi connectivity index (χ1) is 10.7. The summed E-state index contributed by atoms with van der Waals surface area (Å²) in [5, 5.41) is 19.6. The van der Waals surface area contributed by atoms with Crippen molar-refractivity contribution in [1.82, 2.24) is 5.32 Å². The van der Waals surface area contributed by atoms with E-state index in [0.717, 1.165) is 6.92 Å². The number of aliphatic hydroxyl groups excluding tert-OH is 1. The van der Waals surface area contributed by atoms with E-state index in [2.05, 4.69) is 0 Å². The Balaban J connectivity index is 3.32. The van der Waals surface area contributed by atoms with Gasteiger partial charge in [-0.1, -0.05) is 0 Å². The second-order valence-corrected chi connectivity index (χ2v) is 4.82. The monoisotopic (exact) mass is 359 g/mol. The molecule has 134 valence electrons. The van der Waals surface area contributed by atoms with Crippen molar-refractivity contribution in [3.63, 3.8) is 0 Å². The number of benzene rings is 1. The first-order valence-corrected chi connectivity index (χ1v) is 6.24. The van der Waals surface area contributed by atoms with E-state index >= 15 is 0 Å². The molecule has 0 fully saturated rings. The minimum Gasteiger partial charge on any atom is -0.480 e. The van der Waals surface area contributed by atoms with Crippen LogP contribution in [0.3, 0.4) is 0 Å². The van der Waals surface area contributed by atoms with Crippen LogP contribution in [0.5, 0.6) is 0 Å². The highest BCUT2D eigenvalue weighted by Gasteiger charge is 2.38. The van der Waals surface area contributed by atoms with Crippen molar-refractivity contribution in [1.29, 1.82) is 0 Å². The largest absolute Gasteiger partial charge is 0.480 e. The van der Waals surface area contributed by atoms with E-state index in [1.54, 1.807) is 5.32 Å². The van der Waals surface area contributed by atoms with E-state index in [4.69, 9.17) is 5.11 Å². The van der Waals surface area contributed by atoms with Gasteiger partial charge in [-0.15, -0.1) is 0 Å². The second-order valence-electron chi connectivity index (χ2n) is 4.82. The molecule has 0 aromatic heterocycles. The molecular weight excluding hydrogens is 348 g/mol. The number of carbonyl (C=O) groups is 2. The molecule has 1 amide bonds. The summed E-state index contributed by atoms with van der Waals surface area (Å²) in [7, 11) is 0. The molecule has 1 aromatic rings. The van der Waals surface area contributed by atoms with Crippen LogP contribution >= 0.6 is 0 Å². The zero-order valence-electron chi connectivity index (χ0n) is 11.9. The van der Waals surface area contributed by atoms with Gasteiger partial charge in [-0.3, -0.25) is 4.79 Å².